The first-order valence-electron chi connectivity index (χ1n) is 9.05. The van der Waals surface area contributed by atoms with Gasteiger partial charge in [-0.1, -0.05) is 57.2 Å². The molecule has 1 atom stereocenters. The average Bonchev–Trinajstić information content (AvgIpc) is 3.09. The van der Waals surface area contributed by atoms with Crippen LogP contribution in [0.4, 0.5) is 4.79 Å². The van der Waals surface area contributed by atoms with Gasteiger partial charge >= 0.3 is 6.09 Å². The molecular weight excluding hydrogens is 344 g/mol. The molecule has 0 N–H and O–H groups in total. The molecule has 1 aromatic carbocycles. The van der Waals surface area contributed by atoms with Crippen molar-refractivity contribution in [2.75, 3.05) is 6.54 Å². The van der Waals surface area contributed by atoms with Crippen molar-refractivity contribution in [3.63, 3.8) is 0 Å². The van der Waals surface area contributed by atoms with Gasteiger partial charge < -0.3 is 9.64 Å². The van der Waals surface area contributed by atoms with Crippen molar-refractivity contribution < 1.29 is 9.53 Å². The monoisotopic (exact) mass is 370 g/mol. The molecule has 0 bridgehead atoms. The van der Waals surface area contributed by atoms with E-state index in [0.717, 1.165) is 35.5 Å². The number of rotatable bonds is 4. The molecule has 0 saturated carbocycles. The van der Waals surface area contributed by atoms with Crippen molar-refractivity contribution in [3.8, 4) is 0 Å². The van der Waals surface area contributed by atoms with E-state index >= 15 is 0 Å². The second-order valence-electron chi connectivity index (χ2n) is 7.50. The summed E-state index contributed by atoms with van der Waals surface area (Å²) in [6.07, 6.45) is 3.51. The molecule has 0 unspecified atom stereocenters. The van der Waals surface area contributed by atoms with Gasteiger partial charge in [0.25, 0.3) is 0 Å². The Morgan fingerprint density at radius 2 is 2.00 bits per heavy atom. The van der Waals surface area contributed by atoms with E-state index in [4.69, 9.17) is 4.74 Å². The van der Waals surface area contributed by atoms with Gasteiger partial charge in [0.2, 0.25) is 0 Å². The number of ether oxygens (including phenoxy) is 1. The maximum Gasteiger partial charge on any atom is 0.410 e. The Morgan fingerprint density at radius 3 is 2.73 bits per heavy atom. The molecule has 1 amide bonds. The third-order valence-corrected chi connectivity index (χ3v) is 5.40. The summed E-state index contributed by atoms with van der Waals surface area (Å²) >= 11 is 1.75. The predicted molar refractivity (Wildman–Crippen MR) is 105 cm³/mol. The fraction of sp³-hybridized carbons (Fsp3) is 0.429. The first-order valence-corrected chi connectivity index (χ1v) is 9.87. The number of nitrogens with zero attached hydrogens (tertiary/aromatic N) is 2. The highest BCUT2D eigenvalue weighted by molar-refractivity contribution is 8.00. The number of amides is 1. The maximum atomic E-state index is 12.7. The maximum absolute atomic E-state index is 12.7. The summed E-state index contributed by atoms with van der Waals surface area (Å²) in [6.45, 7) is 7.57. The Morgan fingerprint density at radius 1 is 1.23 bits per heavy atom. The molecule has 0 spiro atoms. The summed E-state index contributed by atoms with van der Waals surface area (Å²) in [5, 5.41) is 1.01. The predicted octanol–water partition coefficient (Wildman–Crippen LogP) is 5.45. The molecule has 26 heavy (non-hydrogen) atoms. The highest BCUT2D eigenvalue weighted by Crippen LogP contribution is 2.40. The Labute approximate surface area is 160 Å². The highest BCUT2D eigenvalue weighted by Gasteiger charge is 2.33. The second-order valence-corrected chi connectivity index (χ2v) is 9.32. The second kappa shape index (κ2) is 8.12. The van der Waals surface area contributed by atoms with Crippen molar-refractivity contribution in [2.45, 2.75) is 56.0 Å². The van der Waals surface area contributed by atoms with E-state index in [-0.39, 0.29) is 16.9 Å². The first-order chi connectivity index (χ1) is 12.4. The lowest BCUT2D eigenvalue weighted by Crippen LogP contribution is -2.31. The summed E-state index contributed by atoms with van der Waals surface area (Å²) in [7, 11) is 0. The number of hydrogen-bond donors (Lipinski definition) is 0. The normalized spacial score (nSPS) is 17.3. The van der Waals surface area contributed by atoms with Crippen LogP contribution in [-0.2, 0) is 11.3 Å². The molecule has 1 aromatic heterocycles. The number of benzene rings is 1. The number of hydrogen-bond acceptors (Lipinski definition) is 4. The van der Waals surface area contributed by atoms with Crippen molar-refractivity contribution in [1.82, 2.24) is 9.88 Å². The van der Waals surface area contributed by atoms with Gasteiger partial charge in [-0.2, -0.15) is 0 Å². The van der Waals surface area contributed by atoms with Crippen LogP contribution in [0.3, 0.4) is 0 Å². The fourth-order valence-corrected chi connectivity index (χ4v) is 4.16. The van der Waals surface area contributed by atoms with Gasteiger partial charge in [0.05, 0.1) is 6.04 Å². The Hall–Kier alpha value is -2.01. The summed E-state index contributed by atoms with van der Waals surface area (Å²) < 4.78 is 5.63. The fourth-order valence-electron chi connectivity index (χ4n) is 3.14. The molecule has 5 heteroatoms. The zero-order valence-electron chi connectivity index (χ0n) is 15.6. The van der Waals surface area contributed by atoms with E-state index in [1.807, 2.05) is 47.5 Å². The molecule has 0 aliphatic carbocycles. The van der Waals surface area contributed by atoms with Crippen LogP contribution in [0.15, 0.2) is 53.7 Å². The van der Waals surface area contributed by atoms with Gasteiger partial charge in [0.1, 0.15) is 11.6 Å². The third kappa shape index (κ3) is 4.79. The minimum Gasteiger partial charge on any atom is -0.445 e. The van der Waals surface area contributed by atoms with E-state index in [1.165, 1.54) is 0 Å². The van der Waals surface area contributed by atoms with E-state index in [1.54, 1.807) is 11.8 Å². The van der Waals surface area contributed by atoms with Crippen LogP contribution in [0, 0.1) is 0 Å². The Bertz CT molecular complexity index is 743. The topological polar surface area (TPSA) is 42.4 Å². The largest absolute Gasteiger partial charge is 0.445 e. The van der Waals surface area contributed by atoms with Crippen LogP contribution in [0.1, 0.15) is 50.8 Å². The lowest BCUT2D eigenvalue weighted by Gasteiger charge is -2.27. The minimum absolute atomic E-state index is 0.0387. The van der Waals surface area contributed by atoms with Crippen molar-refractivity contribution in [2.24, 2.45) is 0 Å². The number of aromatic nitrogens is 1. The quantitative estimate of drug-likeness (QED) is 0.672. The summed E-state index contributed by atoms with van der Waals surface area (Å²) in [4.78, 5) is 19.1. The summed E-state index contributed by atoms with van der Waals surface area (Å²) in [5.74, 6) is 0. The third-order valence-electron chi connectivity index (χ3n) is 4.25. The minimum atomic E-state index is -0.244. The van der Waals surface area contributed by atoms with Gasteiger partial charge in [0, 0.05) is 23.1 Å². The standard InChI is InChI=1S/C21H26N2O2S/c1-21(2,3)26-19-17(11-7-13-22-19)18-12-8-14-23(18)20(24)25-15-16-9-5-4-6-10-16/h4-7,9-11,13,18H,8,12,14-15H2,1-3H3/t18-/m0/s1. The zero-order valence-corrected chi connectivity index (χ0v) is 16.5. The van der Waals surface area contributed by atoms with Crippen LogP contribution >= 0.6 is 11.8 Å². The van der Waals surface area contributed by atoms with Crippen molar-refractivity contribution in [1.29, 1.82) is 0 Å². The summed E-state index contributed by atoms with van der Waals surface area (Å²) in [6, 6.07) is 13.9. The highest BCUT2D eigenvalue weighted by atomic mass is 32.2. The van der Waals surface area contributed by atoms with Crippen molar-refractivity contribution in [3.05, 3.63) is 59.8 Å². The molecule has 4 nitrogen and oxygen atoms in total. The van der Waals surface area contributed by atoms with Gasteiger partial charge in [-0.3, -0.25) is 0 Å². The molecular formula is C21H26N2O2S. The number of pyridine rings is 1. The SMILES string of the molecule is CC(C)(C)Sc1ncccc1[C@@H]1CCCN1C(=O)OCc1ccccc1. The van der Waals surface area contributed by atoms with Gasteiger partial charge in [-0.25, -0.2) is 9.78 Å². The van der Waals surface area contributed by atoms with Crippen molar-refractivity contribution >= 4 is 17.9 Å². The molecule has 1 fully saturated rings. The van der Waals surface area contributed by atoms with Gasteiger partial charge in [0.15, 0.2) is 0 Å². The van der Waals surface area contributed by atoms with E-state index < -0.39 is 0 Å². The lowest BCUT2D eigenvalue weighted by molar-refractivity contribution is 0.0916. The number of thioether (sulfide) groups is 1. The van der Waals surface area contributed by atoms with Gasteiger partial charge in [-0.15, -0.1) is 11.8 Å². The molecule has 0 radical (unpaired) electrons. The van der Waals surface area contributed by atoms with Crippen LogP contribution in [0.2, 0.25) is 0 Å². The molecule has 3 rings (SSSR count). The molecule has 2 heterocycles. The van der Waals surface area contributed by atoms with Crippen LogP contribution < -0.4 is 0 Å². The molecule has 1 aliphatic heterocycles. The first kappa shape index (κ1) is 18.8. The van der Waals surface area contributed by atoms with Crippen LogP contribution in [-0.4, -0.2) is 27.3 Å². The number of carbonyl (C=O) groups excluding carboxylic acids is 1. The molecule has 2 aromatic rings. The number of carbonyl (C=O) groups is 1. The average molecular weight is 371 g/mol. The molecule has 1 aliphatic rings. The van der Waals surface area contributed by atoms with Gasteiger partial charge in [-0.05, 0) is 24.5 Å². The zero-order chi connectivity index (χ0) is 18.6. The smallest absolute Gasteiger partial charge is 0.410 e. The van der Waals surface area contributed by atoms with Crippen LogP contribution in [0.5, 0.6) is 0 Å². The van der Waals surface area contributed by atoms with Crippen LogP contribution in [0.25, 0.3) is 0 Å². The van der Waals surface area contributed by atoms with E-state index in [2.05, 4.69) is 31.8 Å². The number of likely N-dealkylation sites (tertiary alicyclic amines) is 1. The lowest BCUT2D eigenvalue weighted by atomic mass is 10.1. The molecule has 1 saturated heterocycles. The van der Waals surface area contributed by atoms with E-state index in [9.17, 15) is 4.79 Å². The Balaban J connectivity index is 1.73. The van der Waals surface area contributed by atoms with E-state index in [0.29, 0.717) is 6.61 Å². The molecule has 138 valence electrons. The Kier molecular flexibility index (Phi) is 5.87. The summed E-state index contributed by atoms with van der Waals surface area (Å²) in [5.41, 5.74) is 2.13.